The molecule has 1 amide bonds. The molecule has 3 rings (SSSR count). The summed E-state index contributed by atoms with van der Waals surface area (Å²) in [6, 6.07) is 0.325. The number of likely N-dealkylation sites (tertiary alicyclic amines) is 1. The summed E-state index contributed by atoms with van der Waals surface area (Å²) in [6.45, 7) is 4.52. The maximum absolute atomic E-state index is 12.4. The molecule has 0 bridgehead atoms. The molecule has 0 saturated carbocycles. The van der Waals surface area contributed by atoms with Gasteiger partial charge in [-0.3, -0.25) is 9.48 Å². The SMILES string of the molecule is Cc1cnn([C@@H]2CCCN(C(=O)C[C@@H]3CCCO3)C2)c1. The van der Waals surface area contributed by atoms with E-state index in [1.54, 1.807) is 0 Å². The Morgan fingerprint density at radius 2 is 2.35 bits per heavy atom. The van der Waals surface area contributed by atoms with Gasteiger partial charge in [0.1, 0.15) is 0 Å². The predicted molar refractivity (Wildman–Crippen MR) is 75.4 cm³/mol. The fraction of sp³-hybridized carbons (Fsp3) is 0.733. The van der Waals surface area contributed by atoms with Crippen molar-refractivity contribution in [1.29, 1.82) is 0 Å². The van der Waals surface area contributed by atoms with Crippen LogP contribution in [-0.2, 0) is 9.53 Å². The number of amides is 1. The predicted octanol–water partition coefficient (Wildman–Crippen LogP) is 1.92. The first-order valence-corrected chi connectivity index (χ1v) is 7.62. The van der Waals surface area contributed by atoms with Crippen LogP contribution in [0.3, 0.4) is 0 Å². The van der Waals surface area contributed by atoms with Crippen molar-refractivity contribution in [2.24, 2.45) is 0 Å². The lowest BCUT2D eigenvalue weighted by atomic mass is 10.0. The fourth-order valence-corrected chi connectivity index (χ4v) is 3.16. The van der Waals surface area contributed by atoms with Gasteiger partial charge in [-0.1, -0.05) is 0 Å². The van der Waals surface area contributed by atoms with Crippen LogP contribution in [0.1, 0.15) is 43.7 Å². The molecule has 5 nitrogen and oxygen atoms in total. The number of aryl methyl sites for hydroxylation is 1. The molecule has 0 N–H and O–H groups in total. The molecule has 0 radical (unpaired) electrons. The molecule has 2 fully saturated rings. The maximum Gasteiger partial charge on any atom is 0.225 e. The molecule has 0 aromatic carbocycles. The minimum Gasteiger partial charge on any atom is -0.378 e. The van der Waals surface area contributed by atoms with Crippen molar-refractivity contribution in [3.8, 4) is 0 Å². The molecule has 0 aliphatic carbocycles. The van der Waals surface area contributed by atoms with Gasteiger partial charge in [-0.15, -0.1) is 0 Å². The van der Waals surface area contributed by atoms with Gasteiger partial charge in [0.2, 0.25) is 5.91 Å². The number of piperidine rings is 1. The van der Waals surface area contributed by atoms with Crippen LogP contribution in [0, 0.1) is 6.92 Å². The topological polar surface area (TPSA) is 47.4 Å². The summed E-state index contributed by atoms with van der Waals surface area (Å²) < 4.78 is 7.58. The average Bonchev–Trinajstić information content (AvgIpc) is 3.10. The number of ether oxygens (including phenoxy) is 1. The van der Waals surface area contributed by atoms with E-state index in [4.69, 9.17) is 4.74 Å². The highest BCUT2D eigenvalue weighted by molar-refractivity contribution is 5.76. The van der Waals surface area contributed by atoms with Crippen LogP contribution < -0.4 is 0 Å². The second kappa shape index (κ2) is 5.95. The normalized spacial score (nSPS) is 26.9. The van der Waals surface area contributed by atoms with Gasteiger partial charge in [0.05, 0.1) is 24.8 Å². The van der Waals surface area contributed by atoms with Crippen LogP contribution >= 0.6 is 0 Å². The lowest BCUT2D eigenvalue weighted by Crippen LogP contribution is -2.41. The molecule has 0 unspecified atom stereocenters. The van der Waals surface area contributed by atoms with Gasteiger partial charge in [-0.05, 0) is 38.2 Å². The standard InChI is InChI=1S/C15H23N3O2/c1-12-9-16-18(10-12)13-4-2-6-17(11-13)15(19)8-14-5-3-7-20-14/h9-10,13-14H,2-8,11H2,1H3/t13-,14+/m1/s1. The first kappa shape index (κ1) is 13.6. The van der Waals surface area contributed by atoms with E-state index in [1.165, 1.54) is 5.56 Å². The summed E-state index contributed by atoms with van der Waals surface area (Å²) in [5, 5.41) is 4.39. The number of nitrogens with zero attached hydrogens (tertiary/aromatic N) is 3. The molecule has 5 heteroatoms. The second-order valence-corrected chi connectivity index (χ2v) is 5.97. The number of carbonyl (C=O) groups is 1. The van der Waals surface area contributed by atoms with Crippen LogP contribution in [0.5, 0.6) is 0 Å². The van der Waals surface area contributed by atoms with Crippen molar-refractivity contribution in [3.05, 3.63) is 18.0 Å². The van der Waals surface area contributed by atoms with Crippen molar-refractivity contribution >= 4 is 5.91 Å². The van der Waals surface area contributed by atoms with Crippen molar-refractivity contribution in [1.82, 2.24) is 14.7 Å². The Hall–Kier alpha value is -1.36. The van der Waals surface area contributed by atoms with Gasteiger partial charge in [-0.2, -0.15) is 5.10 Å². The first-order valence-electron chi connectivity index (χ1n) is 7.62. The van der Waals surface area contributed by atoms with Gasteiger partial charge in [0, 0.05) is 25.9 Å². The zero-order valence-electron chi connectivity index (χ0n) is 12.1. The van der Waals surface area contributed by atoms with E-state index in [0.717, 1.165) is 45.4 Å². The van der Waals surface area contributed by atoms with E-state index >= 15 is 0 Å². The van der Waals surface area contributed by atoms with E-state index in [2.05, 4.69) is 11.3 Å². The average molecular weight is 277 g/mol. The molecule has 20 heavy (non-hydrogen) atoms. The number of hydrogen-bond donors (Lipinski definition) is 0. The van der Waals surface area contributed by atoms with Gasteiger partial charge in [0.15, 0.2) is 0 Å². The Balaban J connectivity index is 1.58. The van der Waals surface area contributed by atoms with E-state index in [0.29, 0.717) is 12.5 Å². The van der Waals surface area contributed by atoms with E-state index in [1.807, 2.05) is 22.7 Å². The smallest absolute Gasteiger partial charge is 0.225 e. The molecule has 2 aliphatic heterocycles. The summed E-state index contributed by atoms with van der Waals surface area (Å²) in [5.74, 6) is 0.241. The monoisotopic (exact) mass is 277 g/mol. The zero-order chi connectivity index (χ0) is 13.9. The Bertz CT molecular complexity index is 465. The first-order chi connectivity index (χ1) is 9.72. The van der Waals surface area contributed by atoms with Crippen LogP contribution in [0.4, 0.5) is 0 Å². The molecule has 110 valence electrons. The number of hydrogen-bond acceptors (Lipinski definition) is 3. The highest BCUT2D eigenvalue weighted by Crippen LogP contribution is 2.23. The van der Waals surface area contributed by atoms with Crippen molar-refractivity contribution in [3.63, 3.8) is 0 Å². The van der Waals surface area contributed by atoms with Crippen LogP contribution in [0.2, 0.25) is 0 Å². The highest BCUT2D eigenvalue weighted by atomic mass is 16.5. The highest BCUT2D eigenvalue weighted by Gasteiger charge is 2.27. The molecular formula is C15H23N3O2. The zero-order valence-corrected chi connectivity index (χ0v) is 12.1. The third-order valence-corrected chi connectivity index (χ3v) is 4.28. The Morgan fingerprint density at radius 1 is 1.45 bits per heavy atom. The van der Waals surface area contributed by atoms with Gasteiger partial charge < -0.3 is 9.64 Å². The quantitative estimate of drug-likeness (QED) is 0.848. The second-order valence-electron chi connectivity index (χ2n) is 5.97. The number of rotatable bonds is 3. The van der Waals surface area contributed by atoms with Crippen molar-refractivity contribution in [2.75, 3.05) is 19.7 Å². The molecule has 1 aromatic heterocycles. The van der Waals surface area contributed by atoms with Gasteiger partial charge >= 0.3 is 0 Å². The summed E-state index contributed by atoms with van der Waals surface area (Å²) >= 11 is 0. The van der Waals surface area contributed by atoms with Crippen molar-refractivity contribution < 1.29 is 9.53 Å². The van der Waals surface area contributed by atoms with Gasteiger partial charge in [-0.25, -0.2) is 0 Å². The molecule has 3 heterocycles. The summed E-state index contributed by atoms with van der Waals surface area (Å²) in [4.78, 5) is 14.3. The number of aromatic nitrogens is 2. The third-order valence-electron chi connectivity index (χ3n) is 4.28. The number of carbonyl (C=O) groups excluding carboxylic acids is 1. The molecule has 2 aliphatic rings. The summed E-state index contributed by atoms with van der Waals surface area (Å²) in [5.41, 5.74) is 1.17. The largest absolute Gasteiger partial charge is 0.378 e. The summed E-state index contributed by atoms with van der Waals surface area (Å²) in [6.07, 6.45) is 8.92. The van der Waals surface area contributed by atoms with Crippen molar-refractivity contribution in [2.45, 2.75) is 51.2 Å². The molecule has 2 atom stereocenters. The molecule has 0 spiro atoms. The lowest BCUT2D eigenvalue weighted by molar-refractivity contribution is -0.135. The van der Waals surface area contributed by atoms with Crippen LogP contribution in [0.15, 0.2) is 12.4 Å². The molecular weight excluding hydrogens is 254 g/mol. The van der Waals surface area contributed by atoms with E-state index in [9.17, 15) is 4.79 Å². The van der Waals surface area contributed by atoms with E-state index < -0.39 is 0 Å². The van der Waals surface area contributed by atoms with Gasteiger partial charge in [0.25, 0.3) is 0 Å². The molecule has 1 aromatic rings. The fourth-order valence-electron chi connectivity index (χ4n) is 3.16. The minimum atomic E-state index is 0.148. The van der Waals surface area contributed by atoms with Crippen LogP contribution in [0.25, 0.3) is 0 Å². The molecule has 2 saturated heterocycles. The van der Waals surface area contributed by atoms with E-state index in [-0.39, 0.29) is 12.0 Å². The summed E-state index contributed by atoms with van der Waals surface area (Å²) in [7, 11) is 0. The lowest BCUT2D eigenvalue weighted by Gasteiger charge is -2.33. The Morgan fingerprint density at radius 3 is 3.05 bits per heavy atom. The van der Waals surface area contributed by atoms with Crippen LogP contribution in [-0.4, -0.2) is 46.4 Å². The Kier molecular flexibility index (Phi) is 4.05. The minimum absolute atomic E-state index is 0.148. The maximum atomic E-state index is 12.4. The Labute approximate surface area is 119 Å². The third kappa shape index (κ3) is 3.03.